The fourth-order valence-corrected chi connectivity index (χ4v) is 3.11. The second kappa shape index (κ2) is 9.80. The molecule has 1 aliphatic rings. The predicted molar refractivity (Wildman–Crippen MR) is 117 cm³/mol. The van der Waals surface area contributed by atoms with Crippen LogP contribution >= 0.6 is 0 Å². The van der Waals surface area contributed by atoms with Crippen LogP contribution in [-0.2, 0) is 9.59 Å². The summed E-state index contributed by atoms with van der Waals surface area (Å²) in [7, 11) is 0. The van der Waals surface area contributed by atoms with Gasteiger partial charge in [-0.25, -0.2) is 9.69 Å². The topological polar surface area (TPSA) is 97.0 Å². The van der Waals surface area contributed by atoms with Crippen molar-refractivity contribution in [3.05, 3.63) is 59.3 Å². The average Bonchev–Trinajstić information content (AvgIpc) is 2.97. The molecule has 162 valence electrons. The van der Waals surface area contributed by atoms with E-state index in [0.717, 1.165) is 10.5 Å². The van der Waals surface area contributed by atoms with Crippen LogP contribution in [0.25, 0.3) is 6.08 Å². The first-order valence-electron chi connectivity index (χ1n) is 10.0. The molecule has 3 rings (SSSR count). The Morgan fingerprint density at radius 3 is 2.58 bits per heavy atom. The van der Waals surface area contributed by atoms with Crippen molar-refractivity contribution in [2.45, 2.75) is 20.8 Å². The molecule has 8 heteroatoms. The second-order valence-electron chi connectivity index (χ2n) is 6.86. The lowest BCUT2D eigenvalue weighted by atomic mass is 10.1. The van der Waals surface area contributed by atoms with Gasteiger partial charge in [0.1, 0.15) is 23.7 Å². The molecule has 1 heterocycles. The molecule has 1 saturated heterocycles. The summed E-state index contributed by atoms with van der Waals surface area (Å²) in [4.78, 5) is 38.2. The molecular formula is C23H25N3O5. The molecule has 0 aliphatic carbocycles. The van der Waals surface area contributed by atoms with Gasteiger partial charge in [-0.2, -0.15) is 0 Å². The Morgan fingerprint density at radius 1 is 1.10 bits per heavy atom. The van der Waals surface area contributed by atoms with Crippen molar-refractivity contribution in [3.8, 4) is 11.5 Å². The lowest BCUT2D eigenvalue weighted by Crippen LogP contribution is -2.38. The molecule has 0 unspecified atom stereocenters. The summed E-state index contributed by atoms with van der Waals surface area (Å²) in [5.74, 6) is 0.120. The van der Waals surface area contributed by atoms with Crippen LogP contribution in [0.15, 0.2) is 48.2 Å². The van der Waals surface area contributed by atoms with E-state index in [1.54, 1.807) is 30.3 Å². The van der Waals surface area contributed by atoms with Gasteiger partial charge in [-0.15, -0.1) is 0 Å². The summed E-state index contributed by atoms with van der Waals surface area (Å²) in [6.45, 7) is 6.19. The van der Waals surface area contributed by atoms with Crippen molar-refractivity contribution < 1.29 is 23.9 Å². The van der Waals surface area contributed by atoms with Gasteiger partial charge in [-0.1, -0.05) is 12.1 Å². The third kappa shape index (κ3) is 5.42. The monoisotopic (exact) mass is 423 g/mol. The highest BCUT2D eigenvalue weighted by Gasteiger charge is 2.35. The lowest BCUT2D eigenvalue weighted by Gasteiger charge is -2.12. The van der Waals surface area contributed by atoms with Crippen molar-refractivity contribution in [1.29, 1.82) is 0 Å². The minimum absolute atomic E-state index is 0.0680. The van der Waals surface area contributed by atoms with Crippen molar-refractivity contribution in [2.24, 2.45) is 0 Å². The van der Waals surface area contributed by atoms with E-state index in [2.05, 4.69) is 10.6 Å². The smallest absolute Gasteiger partial charge is 0.329 e. The third-order valence-corrected chi connectivity index (χ3v) is 4.46. The molecule has 1 aliphatic heterocycles. The van der Waals surface area contributed by atoms with Crippen LogP contribution in [0.5, 0.6) is 11.5 Å². The average molecular weight is 423 g/mol. The highest BCUT2D eigenvalue weighted by Crippen LogP contribution is 2.28. The molecule has 0 spiro atoms. The van der Waals surface area contributed by atoms with Crippen molar-refractivity contribution >= 4 is 29.6 Å². The summed E-state index contributed by atoms with van der Waals surface area (Å²) >= 11 is 0. The van der Waals surface area contributed by atoms with Crippen LogP contribution in [0.2, 0.25) is 0 Å². The number of urea groups is 1. The van der Waals surface area contributed by atoms with E-state index in [-0.39, 0.29) is 5.70 Å². The number of rotatable bonds is 8. The number of imide groups is 1. The van der Waals surface area contributed by atoms with Crippen LogP contribution < -0.4 is 20.1 Å². The van der Waals surface area contributed by atoms with Crippen LogP contribution in [0.1, 0.15) is 25.0 Å². The predicted octanol–water partition coefficient (Wildman–Crippen LogP) is 3.32. The van der Waals surface area contributed by atoms with Gasteiger partial charge in [0.25, 0.3) is 5.91 Å². The largest absolute Gasteiger partial charge is 0.494 e. The molecule has 2 aromatic rings. The van der Waals surface area contributed by atoms with E-state index >= 15 is 0 Å². The van der Waals surface area contributed by atoms with Gasteiger partial charge < -0.3 is 20.1 Å². The van der Waals surface area contributed by atoms with Gasteiger partial charge in [0, 0.05) is 17.3 Å². The van der Waals surface area contributed by atoms with Gasteiger partial charge in [0.2, 0.25) is 5.91 Å². The standard InChI is InChI=1S/C23H25N3O5/c1-4-30-18-10-9-16(20(13-18)31-5-2)12-19-22(28)26(23(29)25-19)14-21(27)24-17-8-6-7-15(3)11-17/h6-13H,4-5,14H2,1-3H3,(H,24,27)(H,25,29)/b19-12-. The normalized spacial score (nSPS) is 14.5. The Balaban J connectivity index is 1.75. The second-order valence-corrected chi connectivity index (χ2v) is 6.86. The first-order valence-corrected chi connectivity index (χ1v) is 10.0. The van der Waals surface area contributed by atoms with E-state index in [0.29, 0.717) is 36.0 Å². The Labute approximate surface area is 180 Å². The van der Waals surface area contributed by atoms with E-state index in [9.17, 15) is 14.4 Å². The molecule has 0 bridgehead atoms. The van der Waals surface area contributed by atoms with Gasteiger partial charge in [-0.05, 0) is 56.7 Å². The van der Waals surface area contributed by atoms with Gasteiger partial charge in [0.15, 0.2) is 0 Å². The zero-order chi connectivity index (χ0) is 22.4. The number of aryl methyl sites for hydroxylation is 1. The summed E-state index contributed by atoms with van der Waals surface area (Å²) in [6, 6.07) is 11.8. The van der Waals surface area contributed by atoms with E-state index < -0.39 is 24.4 Å². The van der Waals surface area contributed by atoms with E-state index in [4.69, 9.17) is 9.47 Å². The summed E-state index contributed by atoms with van der Waals surface area (Å²) in [6.07, 6.45) is 1.53. The molecule has 0 radical (unpaired) electrons. The number of carbonyl (C=O) groups is 3. The highest BCUT2D eigenvalue weighted by molar-refractivity contribution is 6.16. The third-order valence-electron chi connectivity index (χ3n) is 4.46. The molecule has 4 amide bonds. The number of nitrogens with one attached hydrogen (secondary N) is 2. The molecule has 31 heavy (non-hydrogen) atoms. The molecule has 0 saturated carbocycles. The van der Waals surface area contributed by atoms with E-state index in [1.807, 2.05) is 32.9 Å². The van der Waals surface area contributed by atoms with Crippen molar-refractivity contribution in [1.82, 2.24) is 10.2 Å². The van der Waals surface area contributed by atoms with Crippen LogP contribution in [0.3, 0.4) is 0 Å². The summed E-state index contributed by atoms with van der Waals surface area (Å²) < 4.78 is 11.1. The van der Waals surface area contributed by atoms with Crippen LogP contribution in [0.4, 0.5) is 10.5 Å². The molecule has 0 aromatic heterocycles. The zero-order valence-corrected chi connectivity index (χ0v) is 17.7. The molecule has 2 N–H and O–H groups in total. The van der Waals surface area contributed by atoms with Crippen LogP contribution in [0, 0.1) is 6.92 Å². The van der Waals surface area contributed by atoms with Gasteiger partial charge in [0.05, 0.1) is 13.2 Å². The fourth-order valence-electron chi connectivity index (χ4n) is 3.11. The first kappa shape index (κ1) is 21.9. The number of ether oxygens (including phenoxy) is 2. The number of nitrogens with zero attached hydrogens (tertiary/aromatic N) is 1. The Hall–Kier alpha value is -3.81. The zero-order valence-electron chi connectivity index (χ0n) is 17.7. The number of carbonyl (C=O) groups excluding carboxylic acids is 3. The van der Waals surface area contributed by atoms with Gasteiger partial charge in [-0.3, -0.25) is 9.59 Å². The molecule has 2 aromatic carbocycles. The number of amides is 4. The summed E-state index contributed by atoms with van der Waals surface area (Å²) in [5, 5.41) is 5.21. The molecule has 1 fully saturated rings. The highest BCUT2D eigenvalue weighted by atomic mass is 16.5. The Morgan fingerprint density at radius 2 is 1.87 bits per heavy atom. The maximum atomic E-state index is 12.7. The number of hydrogen-bond acceptors (Lipinski definition) is 5. The first-order chi connectivity index (χ1) is 14.9. The lowest BCUT2D eigenvalue weighted by molar-refractivity contribution is -0.127. The van der Waals surface area contributed by atoms with Gasteiger partial charge >= 0.3 is 6.03 Å². The SMILES string of the molecule is CCOc1ccc(/C=C2\NC(=O)N(CC(=O)Nc3cccc(C)c3)C2=O)c(OCC)c1. The maximum Gasteiger partial charge on any atom is 0.329 e. The number of anilines is 1. The Bertz CT molecular complexity index is 1030. The summed E-state index contributed by atoms with van der Waals surface area (Å²) in [5.41, 5.74) is 2.26. The minimum Gasteiger partial charge on any atom is -0.494 e. The molecule has 0 atom stereocenters. The van der Waals surface area contributed by atoms with E-state index in [1.165, 1.54) is 6.08 Å². The van der Waals surface area contributed by atoms with Crippen molar-refractivity contribution in [2.75, 3.05) is 25.1 Å². The Kier molecular flexibility index (Phi) is 6.92. The molecule has 8 nitrogen and oxygen atoms in total. The number of hydrogen-bond donors (Lipinski definition) is 2. The minimum atomic E-state index is -0.653. The quantitative estimate of drug-likeness (QED) is 0.502. The number of benzene rings is 2. The van der Waals surface area contributed by atoms with Crippen molar-refractivity contribution in [3.63, 3.8) is 0 Å². The maximum absolute atomic E-state index is 12.7. The fraction of sp³-hybridized carbons (Fsp3) is 0.261. The molecular weight excluding hydrogens is 398 g/mol. The van der Waals surface area contributed by atoms with Crippen LogP contribution in [-0.4, -0.2) is 42.5 Å².